The van der Waals surface area contributed by atoms with E-state index >= 15 is 0 Å². The number of fused-ring (bicyclic) bond motifs is 2. The number of benzene rings is 1. The van der Waals surface area contributed by atoms with Crippen molar-refractivity contribution in [3.05, 3.63) is 64.8 Å². The van der Waals surface area contributed by atoms with E-state index in [1.54, 1.807) is 31.5 Å². The summed E-state index contributed by atoms with van der Waals surface area (Å²) in [6, 6.07) is 11.3. The minimum absolute atomic E-state index is 0.0436. The van der Waals surface area contributed by atoms with Crippen molar-refractivity contribution in [1.82, 2.24) is 19.4 Å². The molecule has 11 heteroatoms. The van der Waals surface area contributed by atoms with Crippen LogP contribution in [0.15, 0.2) is 62.5 Å². The van der Waals surface area contributed by atoms with Crippen molar-refractivity contribution in [3.8, 4) is 11.1 Å². The molecule has 1 saturated heterocycles. The van der Waals surface area contributed by atoms with E-state index in [1.807, 2.05) is 35.2 Å². The van der Waals surface area contributed by atoms with Gasteiger partial charge in [0.05, 0.1) is 24.8 Å². The molecule has 0 bridgehead atoms. The predicted molar refractivity (Wildman–Crippen MR) is 160 cm³/mol. The average Bonchev–Trinajstić information content (AvgIpc) is 3.76. The van der Waals surface area contributed by atoms with E-state index < -0.39 is 0 Å². The molecule has 1 saturated carbocycles. The molecule has 1 N–H and O–H groups in total. The largest absolute Gasteiger partial charge is 0.456 e. The van der Waals surface area contributed by atoms with Gasteiger partial charge < -0.3 is 33.3 Å². The first-order valence-corrected chi connectivity index (χ1v) is 14.3. The molecule has 2 aliphatic rings. The molecule has 1 aromatic carbocycles. The maximum absolute atomic E-state index is 13.0. The highest BCUT2D eigenvalue weighted by Crippen LogP contribution is 2.36. The van der Waals surface area contributed by atoms with Crippen LogP contribution in [0.5, 0.6) is 0 Å². The topological polar surface area (TPSA) is 119 Å². The summed E-state index contributed by atoms with van der Waals surface area (Å²) in [6.45, 7) is 2.47. The van der Waals surface area contributed by atoms with Gasteiger partial charge >= 0.3 is 0 Å². The number of anilines is 3. The van der Waals surface area contributed by atoms with Gasteiger partial charge in [-0.05, 0) is 36.6 Å². The number of amides is 1. The Balaban J connectivity index is 1.23. The number of rotatable bonds is 6. The number of nitrogens with one attached hydrogen (secondary N) is 1. The number of carbonyl (C=O) groups is 1. The molecule has 4 aromatic heterocycles. The summed E-state index contributed by atoms with van der Waals surface area (Å²) < 4.78 is 19.4. The molecule has 0 atom stereocenters. The van der Waals surface area contributed by atoms with E-state index in [2.05, 4.69) is 14.9 Å². The first-order valence-electron chi connectivity index (χ1n) is 14.3. The number of nitrogens with zero attached hydrogens (tertiary/aromatic N) is 5. The summed E-state index contributed by atoms with van der Waals surface area (Å²) in [4.78, 5) is 38.9. The summed E-state index contributed by atoms with van der Waals surface area (Å²) in [5, 5.41) is 4.16. The van der Waals surface area contributed by atoms with Crippen molar-refractivity contribution in [1.29, 1.82) is 0 Å². The Kier molecular flexibility index (Phi) is 6.66. The monoisotopic (exact) mass is 568 g/mol. The van der Waals surface area contributed by atoms with E-state index in [1.165, 1.54) is 6.07 Å². The van der Waals surface area contributed by atoms with Crippen LogP contribution in [0.4, 0.5) is 17.5 Å². The van der Waals surface area contributed by atoms with Crippen LogP contribution in [0.1, 0.15) is 42.2 Å². The quantitative estimate of drug-likeness (QED) is 0.295. The van der Waals surface area contributed by atoms with Crippen LogP contribution in [0.25, 0.3) is 33.3 Å². The standard InChI is InChI=1S/C31H32N6O5/c1-35(2)30(39)24-15-20-17-32-31(34-29(20)37(24)22-8-3-4-9-22)33-21-7-5-6-19(14-21)23-18-41-28-25(38)16-26(42-27(23)28)36-10-12-40-13-11-36/h5-7,14-18,22H,3-4,8-13H2,1-2H3,(H,32,33,34). The fourth-order valence-electron chi connectivity index (χ4n) is 5.96. The van der Waals surface area contributed by atoms with E-state index in [4.69, 9.17) is 18.6 Å². The van der Waals surface area contributed by atoms with Crippen LogP contribution in [0.3, 0.4) is 0 Å². The molecular formula is C31H32N6O5. The zero-order valence-electron chi connectivity index (χ0n) is 23.6. The molecular weight excluding hydrogens is 536 g/mol. The Morgan fingerprint density at radius 2 is 1.88 bits per heavy atom. The summed E-state index contributed by atoms with van der Waals surface area (Å²) >= 11 is 0. The molecule has 0 spiro atoms. The van der Waals surface area contributed by atoms with Gasteiger partial charge in [0.25, 0.3) is 5.91 Å². The van der Waals surface area contributed by atoms with Crippen molar-refractivity contribution in [2.24, 2.45) is 0 Å². The molecule has 42 heavy (non-hydrogen) atoms. The van der Waals surface area contributed by atoms with Crippen LogP contribution >= 0.6 is 0 Å². The number of hydrogen-bond acceptors (Lipinski definition) is 9. The van der Waals surface area contributed by atoms with Gasteiger partial charge in [-0.15, -0.1) is 0 Å². The molecule has 1 amide bonds. The Morgan fingerprint density at radius 1 is 1.07 bits per heavy atom. The zero-order valence-corrected chi connectivity index (χ0v) is 23.6. The molecule has 1 aliphatic heterocycles. The van der Waals surface area contributed by atoms with Crippen molar-refractivity contribution in [3.63, 3.8) is 0 Å². The van der Waals surface area contributed by atoms with Crippen molar-refractivity contribution < 1.29 is 18.4 Å². The van der Waals surface area contributed by atoms with Crippen LogP contribution < -0.4 is 15.6 Å². The first-order chi connectivity index (χ1) is 20.5. The number of aromatic nitrogens is 3. The van der Waals surface area contributed by atoms with E-state index in [0.29, 0.717) is 55.0 Å². The fourth-order valence-corrected chi connectivity index (χ4v) is 5.96. The van der Waals surface area contributed by atoms with Gasteiger partial charge in [-0.2, -0.15) is 4.98 Å². The van der Waals surface area contributed by atoms with E-state index in [9.17, 15) is 9.59 Å². The lowest BCUT2D eigenvalue weighted by Crippen LogP contribution is -2.36. The highest BCUT2D eigenvalue weighted by atomic mass is 16.5. The van der Waals surface area contributed by atoms with Crippen LogP contribution in [0, 0.1) is 0 Å². The summed E-state index contributed by atoms with van der Waals surface area (Å²) in [5.41, 5.74) is 4.01. The Hall–Kier alpha value is -4.64. The van der Waals surface area contributed by atoms with Crippen LogP contribution in [-0.2, 0) is 4.74 Å². The van der Waals surface area contributed by atoms with Gasteiger partial charge in [-0.3, -0.25) is 9.59 Å². The summed E-state index contributed by atoms with van der Waals surface area (Å²) in [6.07, 6.45) is 7.64. The minimum atomic E-state index is -0.225. The Morgan fingerprint density at radius 3 is 2.67 bits per heavy atom. The van der Waals surface area contributed by atoms with Gasteiger partial charge in [0.15, 0.2) is 11.5 Å². The number of ether oxygens (including phenoxy) is 1. The van der Waals surface area contributed by atoms with Gasteiger partial charge in [0.2, 0.25) is 17.0 Å². The molecule has 5 aromatic rings. The normalized spacial score (nSPS) is 16.0. The van der Waals surface area contributed by atoms with Crippen LogP contribution in [0.2, 0.25) is 0 Å². The maximum Gasteiger partial charge on any atom is 0.270 e. The van der Waals surface area contributed by atoms with Crippen LogP contribution in [-0.4, -0.2) is 65.7 Å². The molecule has 7 rings (SSSR count). The molecule has 2 fully saturated rings. The molecule has 0 radical (unpaired) electrons. The van der Waals surface area contributed by atoms with Gasteiger partial charge in [0, 0.05) is 50.5 Å². The maximum atomic E-state index is 13.0. The van der Waals surface area contributed by atoms with E-state index in [-0.39, 0.29) is 23.0 Å². The molecule has 5 heterocycles. The third-order valence-corrected chi connectivity index (χ3v) is 8.07. The fraction of sp³-hybridized carbons (Fsp3) is 0.355. The smallest absolute Gasteiger partial charge is 0.270 e. The second-order valence-electron chi connectivity index (χ2n) is 11.1. The number of furan rings is 1. The second kappa shape index (κ2) is 10.6. The SMILES string of the molecule is CN(C)C(=O)c1cc2cnc(Nc3cccc(-c4coc5c(=O)cc(N6CCOCC6)oc45)c3)nc2n1C1CCCC1. The van der Waals surface area contributed by atoms with Crippen molar-refractivity contribution in [2.75, 3.05) is 50.6 Å². The highest BCUT2D eigenvalue weighted by molar-refractivity contribution is 5.98. The molecule has 11 nitrogen and oxygen atoms in total. The Labute approximate surface area is 241 Å². The number of hydrogen-bond donors (Lipinski definition) is 1. The molecule has 216 valence electrons. The lowest BCUT2D eigenvalue weighted by molar-refractivity contribution is 0.0815. The number of morpholine rings is 1. The third kappa shape index (κ3) is 4.69. The summed E-state index contributed by atoms with van der Waals surface area (Å²) in [5.74, 6) is 0.892. The number of carbonyl (C=O) groups excluding carboxylic acids is 1. The van der Waals surface area contributed by atoms with E-state index in [0.717, 1.165) is 48.0 Å². The second-order valence-corrected chi connectivity index (χ2v) is 11.1. The lowest BCUT2D eigenvalue weighted by Gasteiger charge is -2.26. The summed E-state index contributed by atoms with van der Waals surface area (Å²) in [7, 11) is 3.53. The third-order valence-electron chi connectivity index (χ3n) is 8.07. The van der Waals surface area contributed by atoms with Gasteiger partial charge in [-0.1, -0.05) is 25.0 Å². The van der Waals surface area contributed by atoms with Crippen molar-refractivity contribution >= 4 is 45.6 Å². The average molecular weight is 569 g/mol. The van der Waals surface area contributed by atoms with Crippen molar-refractivity contribution in [2.45, 2.75) is 31.7 Å². The zero-order chi connectivity index (χ0) is 28.8. The van der Waals surface area contributed by atoms with Gasteiger partial charge in [0.1, 0.15) is 17.6 Å². The highest BCUT2D eigenvalue weighted by Gasteiger charge is 2.27. The first kappa shape index (κ1) is 26.3. The predicted octanol–water partition coefficient (Wildman–Crippen LogP) is 5.19. The minimum Gasteiger partial charge on any atom is -0.456 e. The van der Waals surface area contributed by atoms with Gasteiger partial charge in [-0.25, -0.2) is 4.98 Å². The molecule has 0 unspecified atom stereocenters. The lowest BCUT2D eigenvalue weighted by atomic mass is 10.1. The Bertz CT molecular complexity index is 1840. The molecule has 1 aliphatic carbocycles.